The van der Waals surface area contributed by atoms with Crippen LogP contribution < -0.4 is 16.2 Å². The van der Waals surface area contributed by atoms with Gasteiger partial charge in [-0.15, -0.1) is 11.3 Å². The fourth-order valence-corrected chi connectivity index (χ4v) is 2.88. The molecule has 106 valence electrons. The Bertz CT molecular complexity index is 600. The molecule has 0 amide bonds. The molecule has 0 aliphatic heterocycles. The van der Waals surface area contributed by atoms with Crippen LogP contribution in [0.4, 0.5) is 17.1 Å². The maximum Gasteiger partial charge on any atom is 0.316 e. The first-order valence-corrected chi connectivity index (χ1v) is 6.94. The summed E-state index contributed by atoms with van der Waals surface area (Å²) in [4.78, 5) is 13.9. The van der Waals surface area contributed by atoms with E-state index in [-0.39, 0.29) is 11.7 Å². The number of thiophene rings is 1. The molecule has 2 aromatic rings. The van der Waals surface area contributed by atoms with E-state index >= 15 is 0 Å². The van der Waals surface area contributed by atoms with Crippen LogP contribution in [0.1, 0.15) is 17.8 Å². The van der Waals surface area contributed by atoms with Crippen molar-refractivity contribution in [2.45, 2.75) is 13.0 Å². The van der Waals surface area contributed by atoms with Gasteiger partial charge in [0.25, 0.3) is 0 Å². The van der Waals surface area contributed by atoms with Crippen molar-refractivity contribution in [2.24, 2.45) is 5.84 Å². The summed E-state index contributed by atoms with van der Waals surface area (Å²) < 4.78 is 0. The third-order valence-electron chi connectivity index (χ3n) is 3.27. The van der Waals surface area contributed by atoms with Gasteiger partial charge in [0, 0.05) is 11.9 Å². The van der Waals surface area contributed by atoms with Crippen LogP contribution in [0.2, 0.25) is 0 Å². The SMILES string of the molecule is CC(c1cccs1)N(C)c1cccc(NN)c1[N+](=O)[O-]. The van der Waals surface area contributed by atoms with E-state index in [1.165, 1.54) is 0 Å². The third-order valence-corrected chi connectivity index (χ3v) is 4.31. The van der Waals surface area contributed by atoms with Gasteiger partial charge in [-0.25, -0.2) is 0 Å². The Hall–Kier alpha value is -2.12. The molecule has 3 N–H and O–H groups in total. The Morgan fingerprint density at radius 1 is 1.40 bits per heavy atom. The lowest BCUT2D eigenvalue weighted by molar-refractivity contribution is -0.383. The number of nitro benzene ring substituents is 1. The van der Waals surface area contributed by atoms with Gasteiger partial charge in [-0.05, 0) is 30.5 Å². The summed E-state index contributed by atoms with van der Waals surface area (Å²) in [5.41, 5.74) is 3.20. The first-order chi connectivity index (χ1) is 9.56. The van der Waals surface area contributed by atoms with Crippen LogP contribution in [0, 0.1) is 10.1 Å². The Labute approximate surface area is 120 Å². The molecular formula is C13H16N4O2S. The van der Waals surface area contributed by atoms with Crippen LogP contribution >= 0.6 is 11.3 Å². The molecule has 1 heterocycles. The summed E-state index contributed by atoms with van der Waals surface area (Å²) in [7, 11) is 1.84. The molecule has 0 aliphatic rings. The number of nitrogens with one attached hydrogen (secondary N) is 1. The Morgan fingerprint density at radius 2 is 2.15 bits per heavy atom. The molecule has 1 atom stereocenters. The summed E-state index contributed by atoms with van der Waals surface area (Å²) in [6.45, 7) is 2.01. The summed E-state index contributed by atoms with van der Waals surface area (Å²) in [6.07, 6.45) is 0. The molecule has 2 rings (SSSR count). The molecule has 7 heteroatoms. The van der Waals surface area contributed by atoms with Crippen LogP contribution in [-0.4, -0.2) is 12.0 Å². The smallest absolute Gasteiger partial charge is 0.316 e. The number of anilines is 2. The second-order valence-corrected chi connectivity index (χ2v) is 5.36. The van der Waals surface area contributed by atoms with Crippen LogP contribution in [0.5, 0.6) is 0 Å². The number of nitrogen functional groups attached to an aromatic ring is 1. The number of hydrogen-bond acceptors (Lipinski definition) is 6. The molecule has 0 saturated heterocycles. The summed E-state index contributed by atoms with van der Waals surface area (Å²) in [5.74, 6) is 5.36. The van der Waals surface area contributed by atoms with Gasteiger partial charge >= 0.3 is 5.69 Å². The van der Waals surface area contributed by atoms with E-state index in [0.717, 1.165) is 4.88 Å². The van der Waals surface area contributed by atoms with E-state index in [2.05, 4.69) is 5.43 Å². The highest BCUT2D eigenvalue weighted by molar-refractivity contribution is 7.10. The van der Waals surface area contributed by atoms with Crippen molar-refractivity contribution in [3.8, 4) is 0 Å². The van der Waals surface area contributed by atoms with Crippen molar-refractivity contribution in [1.82, 2.24) is 0 Å². The fraction of sp³-hybridized carbons (Fsp3) is 0.231. The minimum atomic E-state index is -0.415. The summed E-state index contributed by atoms with van der Waals surface area (Å²) >= 11 is 1.63. The number of para-hydroxylation sites is 1. The molecular weight excluding hydrogens is 276 g/mol. The molecule has 0 aliphatic carbocycles. The highest BCUT2D eigenvalue weighted by Gasteiger charge is 2.25. The number of nitrogens with two attached hydrogens (primary N) is 1. The third kappa shape index (κ3) is 2.59. The van der Waals surface area contributed by atoms with Gasteiger partial charge in [-0.3, -0.25) is 16.0 Å². The van der Waals surface area contributed by atoms with E-state index < -0.39 is 4.92 Å². The Balaban J connectivity index is 2.44. The van der Waals surface area contributed by atoms with E-state index in [4.69, 9.17) is 5.84 Å². The van der Waals surface area contributed by atoms with E-state index in [1.54, 1.807) is 29.5 Å². The van der Waals surface area contributed by atoms with Crippen LogP contribution in [0.3, 0.4) is 0 Å². The lowest BCUT2D eigenvalue weighted by atomic mass is 10.1. The minimum Gasteiger partial charge on any atom is -0.361 e. The van der Waals surface area contributed by atoms with Crippen molar-refractivity contribution in [2.75, 3.05) is 17.4 Å². The Kier molecular flexibility index (Phi) is 4.21. The molecule has 0 bridgehead atoms. The van der Waals surface area contributed by atoms with Gasteiger partial charge in [0.1, 0.15) is 11.4 Å². The molecule has 0 spiro atoms. The predicted molar refractivity (Wildman–Crippen MR) is 82.0 cm³/mol. The van der Waals surface area contributed by atoms with Crippen molar-refractivity contribution < 1.29 is 4.92 Å². The van der Waals surface area contributed by atoms with Crippen molar-refractivity contribution in [3.05, 3.63) is 50.7 Å². The summed E-state index contributed by atoms with van der Waals surface area (Å²) in [6, 6.07) is 9.09. The quantitative estimate of drug-likeness (QED) is 0.502. The molecule has 1 unspecified atom stereocenters. The van der Waals surface area contributed by atoms with Gasteiger partial charge in [0.2, 0.25) is 0 Å². The van der Waals surface area contributed by atoms with E-state index in [0.29, 0.717) is 11.4 Å². The first-order valence-electron chi connectivity index (χ1n) is 6.06. The van der Waals surface area contributed by atoms with Gasteiger partial charge in [0.15, 0.2) is 0 Å². The van der Waals surface area contributed by atoms with Gasteiger partial charge in [-0.1, -0.05) is 12.1 Å². The second-order valence-electron chi connectivity index (χ2n) is 4.38. The van der Waals surface area contributed by atoms with Gasteiger partial charge < -0.3 is 10.3 Å². The van der Waals surface area contributed by atoms with Crippen molar-refractivity contribution in [3.63, 3.8) is 0 Å². The first kappa shape index (κ1) is 14.3. The molecule has 1 aromatic carbocycles. The van der Waals surface area contributed by atoms with Crippen LogP contribution in [0.15, 0.2) is 35.7 Å². The molecule has 0 fully saturated rings. The molecule has 1 aromatic heterocycles. The summed E-state index contributed by atoms with van der Waals surface area (Å²) in [5, 5.41) is 13.3. The zero-order chi connectivity index (χ0) is 14.7. The number of benzene rings is 1. The van der Waals surface area contributed by atoms with Crippen LogP contribution in [0.25, 0.3) is 0 Å². The van der Waals surface area contributed by atoms with E-state index in [9.17, 15) is 10.1 Å². The van der Waals surface area contributed by atoms with Crippen molar-refractivity contribution in [1.29, 1.82) is 0 Å². The van der Waals surface area contributed by atoms with Crippen molar-refractivity contribution >= 4 is 28.4 Å². The zero-order valence-corrected chi connectivity index (χ0v) is 12.1. The average Bonchev–Trinajstić information content (AvgIpc) is 2.98. The maximum atomic E-state index is 11.3. The number of hydrazine groups is 1. The maximum absolute atomic E-state index is 11.3. The normalized spacial score (nSPS) is 11.9. The lowest BCUT2D eigenvalue weighted by Crippen LogP contribution is -2.22. The predicted octanol–water partition coefficient (Wildman–Crippen LogP) is 3.14. The number of nitrogens with zero attached hydrogens (tertiary/aromatic N) is 2. The molecule has 6 nitrogen and oxygen atoms in total. The monoisotopic (exact) mass is 292 g/mol. The number of rotatable bonds is 5. The average molecular weight is 292 g/mol. The lowest BCUT2D eigenvalue weighted by Gasteiger charge is -2.26. The highest BCUT2D eigenvalue weighted by atomic mass is 32.1. The molecule has 0 saturated carbocycles. The topological polar surface area (TPSA) is 84.4 Å². The largest absolute Gasteiger partial charge is 0.361 e. The second kappa shape index (κ2) is 5.89. The highest BCUT2D eigenvalue weighted by Crippen LogP contribution is 2.38. The standard InChI is InChI=1S/C13H16N4O2S/c1-9(12-7-4-8-20-12)16(2)11-6-3-5-10(15-14)13(11)17(18)19/h3-9,15H,14H2,1-2H3. The van der Waals surface area contributed by atoms with Gasteiger partial charge in [-0.2, -0.15) is 0 Å². The zero-order valence-electron chi connectivity index (χ0n) is 11.2. The van der Waals surface area contributed by atoms with E-state index in [1.807, 2.05) is 36.4 Å². The fourth-order valence-electron chi connectivity index (χ4n) is 2.05. The van der Waals surface area contributed by atoms with Gasteiger partial charge in [0.05, 0.1) is 11.0 Å². The Morgan fingerprint density at radius 3 is 2.70 bits per heavy atom. The molecule has 0 radical (unpaired) electrons. The minimum absolute atomic E-state index is 0.0130. The van der Waals surface area contributed by atoms with Crippen LogP contribution in [-0.2, 0) is 0 Å². The number of nitro groups is 1. The molecule has 20 heavy (non-hydrogen) atoms. The number of hydrogen-bond donors (Lipinski definition) is 2.